The van der Waals surface area contributed by atoms with E-state index in [0.717, 1.165) is 45.4 Å². The number of thioether (sulfide) groups is 1. The highest BCUT2D eigenvalue weighted by Crippen LogP contribution is 2.34. The van der Waals surface area contributed by atoms with Crippen molar-refractivity contribution in [3.05, 3.63) is 45.2 Å². The highest BCUT2D eigenvalue weighted by atomic mass is 32.2. The highest BCUT2D eigenvalue weighted by Gasteiger charge is 2.35. The normalized spacial score (nSPS) is 20.1. The Kier molecular flexibility index (Phi) is 7.27. The number of aromatic nitrogens is 2. The number of fused-ring (bicyclic) bond motifs is 1. The summed E-state index contributed by atoms with van der Waals surface area (Å²) in [4.78, 5) is 35.6. The number of hydrogen-bond donors (Lipinski definition) is 0. The van der Waals surface area contributed by atoms with E-state index >= 15 is 0 Å². The molecular formula is C23H28N4O3S2. The lowest BCUT2D eigenvalue weighted by Gasteiger charge is -2.24. The molecule has 0 aliphatic carbocycles. The predicted molar refractivity (Wildman–Crippen MR) is 133 cm³/mol. The summed E-state index contributed by atoms with van der Waals surface area (Å²) in [5.41, 5.74) is 0.827. The lowest BCUT2D eigenvalue weighted by molar-refractivity contribution is -0.123. The number of amides is 1. The molecule has 2 aliphatic rings. The van der Waals surface area contributed by atoms with Gasteiger partial charge in [-0.1, -0.05) is 43.9 Å². The molecule has 2 aromatic rings. The summed E-state index contributed by atoms with van der Waals surface area (Å²) in [7, 11) is 0. The molecule has 32 heavy (non-hydrogen) atoms. The molecular weight excluding hydrogens is 444 g/mol. The van der Waals surface area contributed by atoms with E-state index in [-0.39, 0.29) is 17.6 Å². The third-order valence-electron chi connectivity index (χ3n) is 5.59. The maximum absolute atomic E-state index is 13.5. The van der Waals surface area contributed by atoms with Crippen molar-refractivity contribution < 1.29 is 9.53 Å². The van der Waals surface area contributed by atoms with Gasteiger partial charge in [0, 0.05) is 25.9 Å². The number of nitrogens with zero attached hydrogens (tertiary/aromatic N) is 4. The number of carbonyl (C=O) groups excluding carboxylic acids is 1. The van der Waals surface area contributed by atoms with Gasteiger partial charge in [0.05, 0.1) is 23.1 Å². The number of carbonyl (C=O) groups is 1. The van der Waals surface area contributed by atoms with Crippen LogP contribution in [0.2, 0.25) is 0 Å². The minimum absolute atomic E-state index is 0.0185. The van der Waals surface area contributed by atoms with Crippen LogP contribution in [-0.4, -0.2) is 56.9 Å². The summed E-state index contributed by atoms with van der Waals surface area (Å²) >= 11 is 6.73. The first-order chi connectivity index (χ1) is 15.5. The number of ether oxygens (including phenoxy) is 1. The fraction of sp³-hybridized carbons (Fsp3) is 0.478. The largest absolute Gasteiger partial charge is 0.376 e. The van der Waals surface area contributed by atoms with Crippen LogP contribution in [0, 0.1) is 0 Å². The Morgan fingerprint density at radius 2 is 2.06 bits per heavy atom. The quantitative estimate of drug-likeness (QED) is 0.429. The van der Waals surface area contributed by atoms with E-state index in [1.807, 2.05) is 12.1 Å². The minimum Gasteiger partial charge on any atom is -0.376 e. The molecule has 2 fully saturated rings. The van der Waals surface area contributed by atoms with Crippen molar-refractivity contribution in [2.45, 2.75) is 45.6 Å². The molecule has 1 unspecified atom stereocenters. The summed E-state index contributed by atoms with van der Waals surface area (Å²) in [6.45, 7) is 6.96. The zero-order valence-corrected chi connectivity index (χ0v) is 20.1. The van der Waals surface area contributed by atoms with Crippen LogP contribution in [0.25, 0.3) is 11.7 Å². The average molecular weight is 473 g/mol. The molecule has 4 rings (SSSR count). The molecule has 0 spiro atoms. The zero-order chi connectivity index (χ0) is 22.7. The van der Waals surface area contributed by atoms with E-state index in [0.29, 0.717) is 32.8 Å². The van der Waals surface area contributed by atoms with E-state index in [4.69, 9.17) is 21.9 Å². The summed E-state index contributed by atoms with van der Waals surface area (Å²) in [5, 5.41) is 0. The second-order valence-corrected chi connectivity index (χ2v) is 9.67. The van der Waals surface area contributed by atoms with Crippen molar-refractivity contribution in [1.82, 2.24) is 14.3 Å². The molecule has 7 nitrogen and oxygen atoms in total. The Morgan fingerprint density at radius 3 is 2.75 bits per heavy atom. The molecule has 0 aromatic carbocycles. The molecule has 0 radical (unpaired) electrons. The van der Waals surface area contributed by atoms with Gasteiger partial charge in [0.1, 0.15) is 15.8 Å². The van der Waals surface area contributed by atoms with Crippen LogP contribution in [0.1, 0.15) is 45.1 Å². The molecule has 0 bridgehead atoms. The lowest BCUT2D eigenvalue weighted by atomic mass is 10.2. The van der Waals surface area contributed by atoms with Crippen molar-refractivity contribution in [2.24, 2.45) is 0 Å². The van der Waals surface area contributed by atoms with Gasteiger partial charge >= 0.3 is 0 Å². The van der Waals surface area contributed by atoms with Crippen LogP contribution >= 0.6 is 24.0 Å². The number of thiocarbonyl (C=S) groups is 1. The maximum atomic E-state index is 13.5. The molecule has 2 aromatic heterocycles. The third-order valence-corrected chi connectivity index (χ3v) is 6.97. The number of pyridine rings is 1. The van der Waals surface area contributed by atoms with Gasteiger partial charge in [0.15, 0.2) is 0 Å². The summed E-state index contributed by atoms with van der Waals surface area (Å²) in [6.07, 6.45) is 7.19. The first-order valence-corrected chi connectivity index (χ1v) is 12.4. The monoisotopic (exact) mass is 472 g/mol. The van der Waals surface area contributed by atoms with Gasteiger partial charge < -0.3 is 9.64 Å². The lowest BCUT2D eigenvalue weighted by Crippen LogP contribution is -2.35. The smallest absolute Gasteiger partial charge is 0.267 e. The Balaban J connectivity index is 1.77. The highest BCUT2D eigenvalue weighted by molar-refractivity contribution is 8.26. The van der Waals surface area contributed by atoms with Crippen molar-refractivity contribution in [2.75, 3.05) is 31.1 Å². The SMILES string of the molecule is CCCN(CCC)c1nc2ccccn2c(=O)c1/C=C1\SC(=S)N(CC2CCCO2)C1=O. The molecule has 9 heteroatoms. The van der Waals surface area contributed by atoms with Gasteiger partial charge in [-0.2, -0.15) is 0 Å². The molecule has 1 atom stereocenters. The van der Waals surface area contributed by atoms with Crippen LogP contribution in [0.15, 0.2) is 34.1 Å². The molecule has 170 valence electrons. The Labute approximate surface area is 197 Å². The van der Waals surface area contributed by atoms with Crippen LogP contribution in [-0.2, 0) is 9.53 Å². The first kappa shape index (κ1) is 22.9. The van der Waals surface area contributed by atoms with Gasteiger partial charge in [0.25, 0.3) is 11.5 Å². The van der Waals surface area contributed by atoms with Crippen LogP contribution in [0.5, 0.6) is 0 Å². The predicted octanol–water partition coefficient (Wildman–Crippen LogP) is 3.70. The van der Waals surface area contributed by atoms with Gasteiger partial charge in [0.2, 0.25) is 0 Å². The number of rotatable bonds is 8. The minimum atomic E-state index is -0.188. The molecule has 1 amide bonds. The van der Waals surface area contributed by atoms with Gasteiger partial charge in [-0.05, 0) is 43.9 Å². The van der Waals surface area contributed by atoms with Gasteiger partial charge in [-0.3, -0.25) is 18.9 Å². The standard InChI is InChI=1S/C23H28N4O3S2/c1-3-10-25(11-4-2)20-17(21(28)26-12-6-5-9-19(26)24-20)14-18-22(29)27(23(31)32-18)15-16-8-7-13-30-16/h5-6,9,12,14,16H,3-4,7-8,10-11,13,15H2,1-2H3/b18-14-. The fourth-order valence-corrected chi connectivity index (χ4v) is 5.36. The van der Waals surface area contributed by atoms with Crippen LogP contribution in [0.4, 0.5) is 5.82 Å². The molecule has 4 heterocycles. The zero-order valence-electron chi connectivity index (χ0n) is 18.5. The average Bonchev–Trinajstić information content (AvgIpc) is 3.39. The topological polar surface area (TPSA) is 67.2 Å². The van der Waals surface area contributed by atoms with Crippen molar-refractivity contribution in [3.8, 4) is 0 Å². The third kappa shape index (κ3) is 4.60. The Morgan fingerprint density at radius 1 is 1.28 bits per heavy atom. The fourth-order valence-electron chi connectivity index (χ4n) is 4.10. The van der Waals surface area contributed by atoms with E-state index in [9.17, 15) is 9.59 Å². The van der Waals surface area contributed by atoms with Crippen LogP contribution in [0.3, 0.4) is 0 Å². The Bertz CT molecular complexity index is 1100. The number of anilines is 1. The van der Waals surface area contributed by atoms with Crippen LogP contribution < -0.4 is 10.5 Å². The van der Waals surface area contributed by atoms with Crippen molar-refractivity contribution in [1.29, 1.82) is 0 Å². The van der Waals surface area contributed by atoms with E-state index in [2.05, 4.69) is 18.7 Å². The first-order valence-electron chi connectivity index (χ1n) is 11.2. The van der Waals surface area contributed by atoms with E-state index in [1.165, 1.54) is 16.2 Å². The summed E-state index contributed by atoms with van der Waals surface area (Å²) in [5.74, 6) is 0.450. The second kappa shape index (κ2) is 10.1. The molecule has 2 saturated heterocycles. The van der Waals surface area contributed by atoms with Crippen molar-refractivity contribution >= 4 is 51.7 Å². The molecule has 2 aliphatic heterocycles. The molecule has 0 saturated carbocycles. The van der Waals surface area contributed by atoms with Gasteiger partial charge in [-0.25, -0.2) is 4.98 Å². The second-order valence-electron chi connectivity index (χ2n) is 8.00. The summed E-state index contributed by atoms with van der Waals surface area (Å²) in [6, 6.07) is 5.49. The molecule has 0 N–H and O–H groups in total. The van der Waals surface area contributed by atoms with E-state index < -0.39 is 0 Å². The van der Waals surface area contributed by atoms with Crippen molar-refractivity contribution in [3.63, 3.8) is 0 Å². The maximum Gasteiger partial charge on any atom is 0.267 e. The van der Waals surface area contributed by atoms with Gasteiger partial charge in [-0.15, -0.1) is 0 Å². The summed E-state index contributed by atoms with van der Waals surface area (Å²) < 4.78 is 7.72. The van der Waals surface area contributed by atoms with E-state index in [1.54, 1.807) is 23.2 Å². The number of hydrogen-bond acceptors (Lipinski definition) is 7. The Hall–Kier alpha value is -2.23.